The van der Waals surface area contributed by atoms with Crippen LogP contribution >= 0.6 is 0 Å². The summed E-state index contributed by atoms with van der Waals surface area (Å²) in [5.74, 6) is -0.0631. The molecule has 1 aliphatic carbocycles. The summed E-state index contributed by atoms with van der Waals surface area (Å²) < 4.78 is 0. The van der Waals surface area contributed by atoms with Crippen LogP contribution in [0.3, 0.4) is 0 Å². The van der Waals surface area contributed by atoms with Crippen LogP contribution in [0.25, 0.3) is 0 Å². The van der Waals surface area contributed by atoms with Crippen molar-refractivity contribution in [1.82, 2.24) is 9.88 Å². The minimum absolute atomic E-state index is 0.0631. The molecule has 82 valence electrons. The van der Waals surface area contributed by atoms with Gasteiger partial charge in [-0.05, 0) is 30.5 Å². The summed E-state index contributed by atoms with van der Waals surface area (Å²) in [7, 11) is 1.74. The zero-order valence-corrected chi connectivity index (χ0v) is 9.18. The highest BCUT2D eigenvalue weighted by molar-refractivity contribution is 5.88. The summed E-state index contributed by atoms with van der Waals surface area (Å²) in [5.41, 5.74) is 0.307. The van der Waals surface area contributed by atoms with Crippen LogP contribution in [0.5, 0.6) is 0 Å². The van der Waals surface area contributed by atoms with Crippen molar-refractivity contribution in [3.63, 3.8) is 0 Å². The Morgan fingerprint density at radius 2 is 2.19 bits per heavy atom. The van der Waals surface area contributed by atoms with Crippen LogP contribution in [-0.2, 0) is 11.3 Å². The lowest BCUT2D eigenvalue weighted by atomic mass is 10.1. The van der Waals surface area contributed by atoms with Gasteiger partial charge in [0.05, 0.1) is 6.07 Å². The van der Waals surface area contributed by atoms with Gasteiger partial charge in [-0.3, -0.25) is 9.78 Å². The Labute approximate surface area is 94.5 Å². The van der Waals surface area contributed by atoms with Crippen molar-refractivity contribution >= 4 is 5.91 Å². The molecule has 1 aromatic rings. The normalized spacial score (nSPS) is 16.2. The number of hydrogen-bond donors (Lipinski definition) is 0. The van der Waals surface area contributed by atoms with E-state index in [-0.39, 0.29) is 5.91 Å². The summed E-state index contributed by atoms with van der Waals surface area (Å²) in [6.45, 7) is 0.533. The van der Waals surface area contributed by atoms with Crippen LogP contribution in [0, 0.1) is 16.7 Å². The summed E-state index contributed by atoms with van der Waals surface area (Å²) >= 11 is 0. The van der Waals surface area contributed by atoms with Gasteiger partial charge in [0.15, 0.2) is 0 Å². The minimum Gasteiger partial charge on any atom is -0.340 e. The van der Waals surface area contributed by atoms with E-state index in [9.17, 15) is 4.79 Å². The molecule has 0 spiro atoms. The molecule has 0 aromatic carbocycles. The molecule has 0 radical (unpaired) electrons. The number of nitrogens with zero attached hydrogens (tertiary/aromatic N) is 3. The molecule has 0 aliphatic heterocycles. The van der Waals surface area contributed by atoms with Gasteiger partial charge in [-0.1, -0.05) is 0 Å². The van der Waals surface area contributed by atoms with E-state index in [0.717, 1.165) is 5.56 Å². The minimum atomic E-state index is -0.720. The number of hydrogen-bond acceptors (Lipinski definition) is 3. The molecule has 0 bridgehead atoms. The average molecular weight is 215 g/mol. The van der Waals surface area contributed by atoms with Gasteiger partial charge in [0.2, 0.25) is 5.91 Å². The fourth-order valence-electron chi connectivity index (χ4n) is 1.70. The predicted molar refractivity (Wildman–Crippen MR) is 58.0 cm³/mol. The van der Waals surface area contributed by atoms with E-state index in [1.807, 2.05) is 12.1 Å². The van der Waals surface area contributed by atoms with Crippen molar-refractivity contribution in [2.75, 3.05) is 7.05 Å². The molecular formula is C12H13N3O. The SMILES string of the molecule is CN(Cc1ccncc1)C(=O)C1(C#N)CC1. The number of amides is 1. The molecule has 0 atom stereocenters. The first-order valence-electron chi connectivity index (χ1n) is 5.24. The highest BCUT2D eigenvalue weighted by Gasteiger charge is 2.51. The summed E-state index contributed by atoms with van der Waals surface area (Å²) in [5, 5.41) is 8.93. The molecule has 1 aromatic heterocycles. The highest BCUT2D eigenvalue weighted by Crippen LogP contribution is 2.46. The summed E-state index contributed by atoms with van der Waals surface area (Å²) in [4.78, 5) is 17.5. The van der Waals surface area contributed by atoms with E-state index in [4.69, 9.17) is 5.26 Å². The van der Waals surface area contributed by atoms with Crippen molar-refractivity contribution in [1.29, 1.82) is 5.26 Å². The lowest BCUT2D eigenvalue weighted by Crippen LogP contribution is -2.32. The molecule has 2 rings (SSSR count). The first-order chi connectivity index (χ1) is 7.68. The number of carbonyl (C=O) groups excluding carboxylic acids is 1. The van der Waals surface area contributed by atoms with Crippen molar-refractivity contribution in [2.45, 2.75) is 19.4 Å². The smallest absolute Gasteiger partial charge is 0.243 e. The van der Waals surface area contributed by atoms with Gasteiger partial charge >= 0.3 is 0 Å². The first-order valence-corrected chi connectivity index (χ1v) is 5.24. The van der Waals surface area contributed by atoms with Gasteiger partial charge in [0.1, 0.15) is 5.41 Å². The van der Waals surface area contributed by atoms with Crippen LogP contribution in [0.4, 0.5) is 0 Å². The van der Waals surface area contributed by atoms with E-state index in [1.165, 1.54) is 0 Å². The average Bonchev–Trinajstić information content (AvgIpc) is 3.10. The Kier molecular flexibility index (Phi) is 2.61. The largest absolute Gasteiger partial charge is 0.340 e. The molecule has 4 nitrogen and oxygen atoms in total. The summed E-state index contributed by atoms with van der Waals surface area (Å²) in [6, 6.07) is 5.86. The van der Waals surface area contributed by atoms with Crippen LogP contribution in [0.2, 0.25) is 0 Å². The number of carbonyl (C=O) groups is 1. The van der Waals surface area contributed by atoms with E-state index >= 15 is 0 Å². The van der Waals surface area contributed by atoms with Crippen molar-refractivity contribution in [3.8, 4) is 6.07 Å². The van der Waals surface area contributed by atoms with Crippen LogP contribution < -0.4 is 0 Å². The van der Waals surface area contributed by atoms with Gasteiger partial charge in [0.25, 0.3) is 0 Å². The molecule has 16 heavy (non-hydrogen) atoms. The van der Waals surface area contributed by atoms with Crippen molar-refractivity contribution in [2.24, 2.45) is 5.41 Å². The van der Waals surface area contributed by atoms with Crippen LogP contribution in [0.15, 0.2) is 24.5 Å². The standard InChI is InChI=1S/C12H13N3O/c1-15(8-10-2-6-14-7-3-10)11(16)12(9-13)4-5-12/h2-3,6-7H,4-5,8H2,1H3. The number of rotatable bonds is 3. The third-order valence-electron chi connectivity index (χ3n) is 2.89. The fraction of sp³-hybridized carbons (Fsp3) is 0.417. The second kappa shape index (κ2) is 3.93. The van der Waals surface area contributed by atoms with Gasteiger partial charge < -0.3 is 4.90 Å². The Morgan fingerprint density at radius 3 is 2.69 bits per heavy atom. The molecule has 0 N–H and O–H groups in total. The molecule has 4 heteroatoms. The quantitative estimate of drug-likeness (QED) is 0.764. The number of nitriles is 1. The Bertz CT molecular complexity index is 431. The molecule has 1 heterocycles. The zero-order chi connectivity index (χ0) is 11.6. The predicted octanol–water partition coefficient (Wildman–Crippen LogP) is 1.34. The van der Waals surface area contributed by atoms with Crippen molar-refractivity contribution in [3.05, 3.63) is 30.1 Å². The van der Waals surface area contributed by atoms with Crippen molar-refractivity contribution < 1.29 is 4.79 Å². The Balaban J connectivity index is 2.02. The third kappa shape index (κ3) is 1.89. The molecule has 1 saturated carbocycles. The Morgan fingerprint density at radius 1 is 1.56 bits per heavy atom. The second-order valence-corrected chi connectivity index (χ2v) is 4.21. The monoisotopic (exact) mass is 215 g/mol. The lowest BCUT2D eigenvalue weighted by molar-refractivity contribution is -0.134. The fourth-order valence-corrected chi connectivity index (χ4v) is 1.70. The van der Waals surface area contributed by atoms with E-state index < -0.39 is 5.41 Å². The van der Waals surface area contributed by atoms with Gasteiger partial charge in [-0.15, -0.1) is 0 Å². The number of pyridine rings is 1. The maximum Gasteiger partial charge on any atom is 0.243 e. The number of aromatic nitrogens is 1. The van der Waals surface area contributed by atoms with E-state index in [1.54, 1.807) is 24.3 Å². The van der Waals surface area contributed by atoms with E-state index in [2.05, 4.69) is 11.1 Å². The van der Waals surface area contributed by atoms with Gasteiger partial charge in [0, 0.05) is 26.0 Å². The molecule has 1 aliphatic rings. The van der Waals surface area contributed by atoms with Crippen LogP contribution in [-0.4, -0.2) is 22.8 Å². The highest BCUT2D eigenvalue weighted by atomic mass is 16.2. The maximum atomic E-state index is 12.0. The summed E-state index contributed by atoms with van der Waals surface area (Å²) in [6.07, 6.45) is 4.79. The Hall–Kier alpha value is -1.89. The lowest BCUT2D eigenvalue weighted by Gasteiger charge is -2.19. The molecule has 0 unspecified atom stereocenters. The van der Waals surface area contributed by atoms with Gasteiger partial charge in [-0.25, -0.2) is 0 Å². The topological polar surface area (TPSA) is 57.0 Å². The third-order valence-corrected chi connectivity index (χ3v) is 2.89. The molecule has 1 fully saturated rings. The van der Waals surface area contributed by atoms with Gasteiger partial charge in [-0.2, -0.15) is 5.26 Å². The molecule has 1 amide bonds. The van der Waals surface area contributed by atoms with Crippen LogP contribution in [0.1, 0.15) is 18.4 Å². The molecular weight excluding hydrogens is 202 g/mol. The van der Waals surface area contributed by atoms with E-state index in [0.29, 0.717) is 19.4 Å². The second-order valence-electron chi connectivity index (χ2n) is 4.21. The maximum absolute atomic E-state index is 12.0. The first kappa shape index (κ1) is 10.6. The zero-order valence-electron chi connectivity index (χ0n) is 9.18. The molecule has 0 saturated heterocycles.